The first-order chi connectivity index (χ1) is 25.8. The van der Waals surface area contributed by atoms with E-state index in [-0.39, 0.29) is 0 Å². The summed E-state index contributed by atoms with van der Waals surface area (Å²) in [4.78, 5) is 13.0. The Balaban J connectivity index is 1.24. The molecule has 0 saturated heterocycles. The van der Waals surface area contributed by atoms with Crippen LogP contribution < -0.4 is 4.90 Å². The molecule has 244 valence electrons. The van der Waals surface area contributed by atoms with Crippen LogP contribution in [-0.2, 0) is 0 Å². The zero-order valence-corrected chi connectivity index (χ0v) is 28.3. The van der Waals surface area contributed by atoms with Crippen molar-refractivity contribution in [2.45, 2.75) is 0 Å². The van der Waals surface area contributed by atoms with Gasteiger partial charge >= 0.3 is 0 Å². The maximum Gasteiger partial charge on any atom is 0.146 e. The predicted molar refractivity (Wildman–Crippen MR) is 217 cm³/mol. The molecule has 0 aliphatic carbocycles. The normalized spacial score (nSPS) is 11.5. The van der Waals surface area contributed by atoms with Crippen molar-refractivity contribution in [3.8, 4) is 28.3 Å². The molecule has 0 aliphatic rings. The summed E-state index contributed by atoms with van der Waals surface area (Å²) in [5.74, 6) is 0.904. The van der Waals surface area contributed by atoms with Crippen LogP contribution in [-0.4, -0.2) is 14.5 Å². The molecule has 4 heteroatoms. The molecule has 2 heterocycles. The molecule has 10 rings (SSSR count). The fourth-order valence-electron chi connectivity index (χ4n) is 7.64. The van der Waals surface area contributed by atoms with Crippen molar-refractivity contribution in [1.29, 1.82) is 0 Å². The first-order valence-corrected chi connectivity index (χ1v) is 17.6. The van der Waals surface area contributed by atoms with Crippen molar-refractivity contribution in [2.24, 2.45) is 0 Å². The Morgan fingerprint density at radius 2 is 0.942 bits per heavy atom. The number of anilines is 3. The molecule has 0 amide bonds. The van der Waals surface area contributed by atoms with Crippen molar-refractivity contribution in [2.75, 3.05) is 4.90 Å². The van der Waals surface area contributed by atoms with Crippen molar-refractivity contribution in [3.05, 3.63) is 194 Å². The molecule has 0 fully saturated rings. The smallest absolute Gasteiger partial charge is 0.146 e. The highest BCUT2D eigenvalue weighted by atomic mass is 15.1. The Labute approximate surface area is 301 Å². The first-order valence-electron chi connectivity index (χ1n) is 17.6. The maximum absolute atomic E-state index is 5.39. The molecule has 52 heavy (non-hydrogen) atoms. The highest BCUT2D eigenvalue weighted by Gasteiger charge is 2.21. The monoisotopic (exact) mass is 664 g/mol. The number of fused-ring (bicyclic) bond motifs is 6. The standard InChI is InChI=1S/C48H32N4/c1-4-16-34(17-5-1)51(35-18-6-2-7-19-35)37-30-28-33(29-31-37)47-42-32-41(38-22-10-11-23-39(38)46(42)40-24-12-13-25-43(40)49-47)48-50-44-26-14-15-27-45(44)52(48)36-20-8-3-9-21-36/h1-32H. The van der Waals surface area contributed by atoms with Gasteiger partial charge in [0.2, 0.25) is 0 Å². The van der Waals surface area contributed by atoms with E-state index >= 15 is 0 Å². The summed E-state index contributed by atoms with van der Waals surface area (Å²) >= 11 is 0. The van der Waals surface area contributed by atoms with Gasteiger partial charge < -0.3 is 4.90 Å². The number of pyridine rings is 1. The number of para-hydroxylation sites is 6. The molecule has 0 N–H and O–H groups in total. The summed E-state index contributed by atoms with van der Waals surface area (Å²) in [6, 6.07) is 68.3. The predicted octanol–water partition coefficient (Wildman–Crippen LogP) is 12.7. The Bertz CT molecular complexity index is 2840. The third kappa shape index (κ3) is 4.92. The molecule has 0 radical (unpaired) electrons. The Hall–Kier alpha value is -7.04. The summed E-state index contributed by atoms with van der Waals surface area (Å²) in [5.41, 5.74) is 10.4. The molecule has 10 aromatic rings. The zero-order valence-electron chi connectivity index (χ0n) is 28.3. The zero-order chi connectivity index (χ0) is 34.4. The van der Waals surface area contributed by atoms with Gasteiger partial charge in [-0.25, -0.2) is 9.97 Å². The quantitative estimate of drug-likeness (QED) is 0.166. The highest BCUT2D eigenvalue weighted by Crippen LogP contribution is 2.43. The van der Waals surface area contributed by atoms with Crippen LogP contribution >= 0.6 is 0 Å². The average molecular weight is 665 g/mol. The lowest BCUT2D eigenvalue weighted by atomic mass is 9.92. The van der Waals surface area contributed by atoms with E-state index in [9.17, 15) is 0 Å². The molecule has 0 unspecified atom stereocenters. The summed E-state index contributed by atoms with van der Waals surface area (Å²) in [6.07, 6.45) is 0. The second-order valence-corrected chi connectivity index (χ2v) is 13.0. The van der Waals surface area contributed by atoms with Crippen LogP contribution in [0.1, 0.15) is 0 Å². The fraction of sp³-hybridized carbons (Fsp3) is 0. The Kier molecular flexibility index (Phi) is 7.10. The third-order valence-electron chi connectivity index (χ3n) is 9.95. The van der Waals surface area contributed by atoms with Crippen molar-refractivity contribution in [3.63, 3.8) is 0 Å². The fourth-order valence-corrected chi connectivity index (χ4v) is 7.64. The van der Waals surface area contributed by atoms with Gasteiger partial charge in [0.15, 0.2) is 0 Å². The van der Waals surface area contributed by atoms with Gasteiger partial charge in [-0.1, -0.05) is 121 Å². The van der Waals surface area contributed by atoms with Crippen molar-refractivity contribution < 1.29 is 0 Å². The minimum Gasteiger partial charge on any atom is -0.311 e. The van der Waals surface area contributed by atoms with Gasteiger partial charge in [-0.2, -0.15) is 0 Å². The van der Waals surface area contributed by atoms with E-state index in [1.807, 2.05) is 0 Å². The average Bonchev–Trinajstić information content (AvgIpc) is 3.61. The number of hydrogen-bond donors (Lipinski definition) is 0. The van der Waals surface area contributed by atoms with Gasteiger partial charge in [0.05, 0.1) is 22.2 Å². The third-order valence-corrected chi connectivity index (χ3v) is 9.95. The summed E-state index contributed by atoms with van der Waals surface area (Å²) < 4.78 is 2.29. The number of imidazole rings is 1. The van der Waals surface area contributed by atoms with Crippen LogP contribution in [0.5, 0.6) is 0 Å². The second-order valence-electron chi connectivity index (χ2n) is 13.0. The second kappa shape index (κ2) is 12.4. The van der Waals surface area contributed by atoms with E-state index in [1.54, 1.807) is 0 Å². The van der Waals surface area contributed by atoms with Crippen LogP contribution in [0.15, 0.2) is 194 Å². The minimum atomic E-state index is 0.904. The molecule has 4 nitrogen and oxygen atoms in total. The summed E-state index contributed by atoms with van der Waals surface area (Å²) in [6.45, 7) is 0. The highest BCUT2D eigenvalue weighted by molar-refractivity contribution is 6.25. The lowest BCUT2D eigenvalue weighted by Gasteiger charge is -2.25. The van der Waals surface area contributed by atoms with Crippen LogP contribution in [0, 0.1) is 0 Å². The number of hydrogen-bond acceptors (Lipinski definition) is 3. The molecule has 2 aromatic heterocycles. The molecule has 0 saturated carbocycles. The van der Waals surface area contributed by atoms with E-state index in [1.165, 1.54) is 10.8 Å². The van der Waals surface area contributed by atoms with Crippen LogP contribution in [0.2, 0.25) is 0 Å². The molecular weight excluding hydrogens is 633 g/mol. The lowest BCUT2D eigenvalue weighted by molar-refractivity contribution is 1.11. The minimum absolute atomic E-state index is 0.904. The van der Waals surface area contributed by atoms with E-state index in [4.69, 9.17) is 9.97 Å². The molecule has 0 bridgehead atoms. The van der Waals surface area contributed by atoms with Crippen LogP contribution in [0.3, 0.4) is 0 Å². The van der Waals surface area contributed by atoms with Gasteiger partial charge in [0, 0.05) is 50.0 Å². The first kappa shape index (κ1) is 29.8. The van der Waals surface area contributed by atoms with Crippen molar-refractivity contribution >= 4 is 60.5 Å². The van der Waals surface area contributed by atoms with Crippen molar-refractivity contribution in [1.82, 2.24) is 14.5 Å². The molecular formula is C48H32N4. The molecule has 8 aromatic carbocycles. The summed E-state index contributed by atoms with van der Waals surface area (Å²) in [5, 5.41) is 5.76. The maximum atomic E-state index is 5.39. The number of nitrogens with zero attached hydrogens (tertiary/aromatic N) is 4. The topological polar surface area (TPSA) is 34.0 Å². The van der Waals surface area contributed by atoms with Gasteiger partial charge in [-0.05, 0) is 83.6 Å². The van der Waals surface area contributed by atoms with E-state index in [2.05, 4.69) is 204 Å². The molecule has 0 atom stereocenters. The largest absolute Gasteiger partial charge is 0.311 e. The van der Waals surface area contributed by atoms with Crippen LogP contribution in [0.4, 0.5) is 17.1 Å². The van der Waals surface area contributed by atoms with E-state index in [0.717, 1.165) is 78.1 Å². The van der Waals surface area contributed by atoms with E-state index in [0.29, 0.717) is 0 Å². The number of benzene rings is 8. The number of rotatable bonds is 6. The Morgan fingerprint density at radius 1 is 0.404 bits per heavy atom. The molecule has 0 aliphatic heterocycles. The summed E-state index contributed by atoms with van der Waals surface area (Å²) in [7, 11) is 0. The number of aromatic nitrogens is 3. The van der Waals surface area contributed by atoms with Gasteiger partial charge in [0.1, 0.15) is 5.82 Å². The van der Waals surface area contributed by atoms with Gasteiger partial charge in [-0.15, -0.1) is 0 Å². The van der Waals surface area contributed by atoms with Gasteiger partial charge in [-0.3, -0.25) is 4.57 Å². The van der Waals surface area contributed by atoms with E-state index < -0.39 is 0 Å². The lowest BCUT2D eigenvalue weighted by Crippen LogP contribution is -2.09. The molecule has 0 spiro atoms. The Morgan fingerprint density at radius 3 is 1.63 bits per heavy atom. The van der Waals surface area contributed by atoms with Gasteiger partial charge in [0.25, 0.3) is 0 Å². The SMILES string of the molecule is c1ccc(N(c2ccccc2)c2ccc(-c3nc4ccccc4c4c3cc(-c3nc5ccccc5n3-c3ccccc3)c3ccccc34)cc2)cc1. The van der Waals surface area contributed by atoms with Crippen LogP contribution in [0.25, 0.3) is 71.8 Å².